The maximum Gasteiger partial charge on any atom is 0.288 e. The zero-order valence-electron chi connectivity index (χ0n) is 11.3. The first-order valence-electron chi connectivity index (χ1n) is 6.24. The molecule has 0 aliphatic rings. The number of amides is 1. The lowest BCUT2D eigenvalue weighted by atomic mass is 10.1. The van der Waals surface area contributed by atoms with Crippen molar-refractivity contribution < 1.29 is 13.6 Å². The number of thioether (sulfide) groups is 1. The van der Waals surface area contributed by atoms with E-state index in [-0.39, 0.29) is 5.91 Å². The summed E-state index contributed by atoms with van der Waals surface area (Å²) in [5.41, 5.74) is 1.50. The molecule has 0 heterocycles. The van der Waals surface area contributed by atoms with Gasteiger partial charge in [0.15, 0.2) is 0 Å². The fraction of sp³-hybridized carbons (Fsp3) is 0.133. The second-order valence-electron chi connectivity index (χ2n) is 4.12. The first-order chi connectivity index (χ1) is 10.1. The van der Waals surface area contributed by atoms with Gasteiger partial charge in [0.1, 0.15) is 0 Å². The van der Waals surface area contributed by atoms with E-state index in [1.165, 1.54) is 0 Å². The molecule has 0 bridgehead atoms. The number of halogens is 2. The van der Waals surface area contributed by atoms with Crippen LogP contribution in [0.15, 0.2) is 53.4 Å². The maximum absolute atomic E-state index is 12.5. The van der Waals surface area contributed by atoms with E-state index < -0.39 is 5.76 Å². The van der Waals surface area contributed by atoms with Gasteiger partial charge in [-0.15, -0.1) is 0 Å². The number of para-hydroxylation sites is 2. The molecule has 0 aliphatic heterocycles. The summed E-state index contributed by atoms with van der Waals surface area (Å²) in [7, 11) is 1.71. The Morgan fingerprint density at radius 3 is 2.33 bits per heavy atom. The summed E-state index contributed by atoms with van der Waals surface area (Å²) in [6.07, 6.45) is 0. The summed E-state index contributed by atoms with van der Waals surface area (Å²) in [4.78, 5) is 12.6. The summed E-state index contributed by atoms with van der Waals surface area (Å²) < 4.78 is 25.0. The van der Waals surface area contributed by atoms with Crippen LogP contribution in [0.25, 0.3) is 0 Å². The van der Waals surface area contributed by atoms with Gasteiger partial charge in [0, 0.05) is 17.6 Å². The van der Waals surface area contributed by atoms with Gasteiger partial charge in [-0.1, -0.05) is 36.0 Å². The molecule has 2 rings (SSSR count). The van der Waals surface area contributed by atoms with Gasteiger partial charge in [-0.3, -0.25) is 4.79 Å². The lowest BCUT2D eigenvalue weighted by Gasteiger charge is -2.12. The highest BCUT2D eigenvalue weighted by atomic mass is 32.2. The number of hydrogen-bond acceptors (Lipinski definition) is 3. The second-order valence-corrected chi connectivity index (χ2v) is 5.16. The molecule has 0 spiro atoms. The predicted molar refractivity (Wildman–Crippen MR) is 82.2 cm³/mol. The van der Waals surface area contributed by atoms with Crippen LogP contribution in [0, 0.1) is 0 Å². The summed E-state index contributed by atoms with van der Waals surface area (Å²) in [5, 5.41) is 5.60. The van der Waals surface area contributed by atoms with Crippen molar-refractivity contribution in [3.8, 4) is 0 Å². The second kappa shape index (κ2) is 7.08. The SMILES string of the molecule is CNc1ccccc1C(=O)Nc1ccccc1SC(F)F. The fourth-order valence-corrected chi connectivity index (χ4v) is 2.45. The van der Waals surface area contributed by atoms with Crippen LogP contribution in [0.1, 0.15) is 10.4 Å². The number of carbonyl (C=O) groups excluding carboxylic acids is 1. The van der Waals surface area contributed by atoms with Gasteiger partial charge in [-0.2, -0.15) is 8.78 Å². The number of carbonyl (C=O) groups is 1. The molecule has 0 aliphatic carbocycles. The van der Waals surface area contributed by atoms with Crippen LogP contribution < -0.4 is 10.6 Å². The Bertz CT molecular complexity index is 635. The predicted octanol–water partition coefficient (Wildman–Crippen LogP) is 4.30. The van der Waals surface area contributed by atoms with Gasteiger partial charge in [0.05, 0.1) is 11.3 Å². The molecule has 0 saturated heterocycles. The van der Waals surface area contributed by atoms with Crippen molar-refractivity contribution in [3.05, 3.63) is 54.1 Å². The Balaban J connectivity index is 2.24. The molecule has 110 valence electrons. The minimum Gasteiger partial charge on any atom is -0.387 e. The molecule has 0 fully saturated rings. The first kappa shape index (κ1) is 15.3. The van der Waals surface area contributed by atoms with E-state index >= 15 is 0 Å². The molecule has 3 nitrogen and oxygen atoms in total. The van der Waals surface area contributed by atoms with E-state index in [0.717, 1.165) is 0 Å². The van der Waals surface area contributed by atoms with Gasteiger partial charge in [0.2, 0.25) is 0 Å². The molecule has 2 aromatic carbocycles. The number of alkyl halides is 2. The van der Waals surface area contributed by atoms with Crippen molar-refractivity contribution >= 4 is 29.0 Å². The highest BCUT2D eigenvalue weighted by Crippen LogP contribution is 2.32. The standard InChI is InChI=1S/C15H14F2N2OS/c1-18-11-7-3-2-6-10(11)14(20)19-12-8-4-5-9-13(12)21-15(16)17/h2-9,15,18H,1H3,(H,19,20). The van der Waals surface area contributed by atoms with Crippen molar-refractivity contribution in [2.45, 2.75) is 10.7 Å². The molecule has 6 heteroatoms. The molecule has 21 heavy (non-hydrogen) atoms. The van der Waals surface area contributed by atoms with Crippen molar-refractivity contribution in [2.75, 3.05) is 17.7 Å². The van der Waals surface area contributed by atoms with Gasteiger partial charge in [0.25, 0.3) is 11.7 Å². The normalized spacial score (nSPS) is 10.5. The monoisotopic (exact) mass is 308 g/mol. The largest absolute Gasteiger partial charge is 0.387 e. The molecule has 1 amide bonds. The summed E-state index contributed by atoms with van der Waals surface area (Å²) in [6.45, 7) is 0. The van der Waals surface area contributed by atoms with E-state index in [0.29, 0.717) is 33.6 Å². The van der Waals surface area contributed by atoms with Crippen LogP contribution >= 0.6 is 11.8 Å². The van der Waals surface area contributed by atoms with Crippen LogP contribution in [0.4, 0.5) is 20.2 Å². The molecular formula is C15H14F2N2OS. The molecule has 2 N–H and O–H groups in total. The number of nitrogens with one attached hydrogen (secondary N) is 2. The third-order valence-corrected chi connectivity index (χ3v) is 3.58. The van der Waals surface area contributed by atoms with E-state index in [1.54, 1.807) is 49.5 Å². The van der Waals surface area contributed by atoms with Crippen molar-refractivity contribution in [1.82, 2.24) is 0 Å². The van der Waals surface area contributed by atoms with Crippen LogP contribution in [0.3, 0.4) is 0 Å². The lowest BCUT2D eigenvalue weighted by molar-refractivity contribution is 0.102. The van der Waals surface area contributed by atoms with E-state index in [2.05, 4.69) is 10.6 Å². The van der Waals surface area contributed by atoms with Crippen molar-refractivity contribution in [3.63, 3.8) is 0 Å². The van der Waals surface area contributed by atoms with Gasteiger partial charge < -0.3 is 10.6 Å². The quantitative estimate of drug-likeness (QED) is 0.809. The molecule has 0 unspecified atom stereocenters. The molecule has 2 aromatic rings. The number of benzene rings is 2. The zero-order chi connectivity index (χ0) is 15.2. The minimum absolute atomic E-state index is 0.336. The Hall–Kier alpha value is -2.08. The van der Waals surface area contributed by atoms with E-state index in [1.807, 2.05) is 6.07 Å². The molecule has 0 aromatic heterocycles. The van der Waals surface area contributed by atoms with E-state index in [9.17, 15) is 13.6 Å². The molecular weight excluding hydrogens is 294 g/mol. The maximum atomic E-state index is 12.5. The lowest BCUT2D eigenvalue weighted by Crippen LogP contribution is -2.14. The average Bonchev–Trinajstić information content (AvgIpc) is 2.48. The Labute approximate surface area is 125 Å². The van der Waals surface area contributed by atoms with Crippen LogP contribution in [-0.4, -0.2) is 18.7 Å². The Morgan fingerprint density at radius 2 is 1.67 bits per heavy atom. The van der Waals surface area contributed by atoms with Crippen molar-refractivity contribution in [1.29, 1.82) is 0 Å². The zero-order valence-corrected chi connectivity index (χ0v) is 12.1. The Morgan fingerprint density at radius 1 is 1.05 bits per heavy atom. The van der Waals surface area contributed by atoms with E-state index in [4.69, 9.17) is 0 Å². The summed E-state index contributed by atoms with van der Waals surface area (Å²) >= 11 is 0.409. The average molecular weight is 308 g/mol. The molecule has 0 radical (unpaired) electrons. The molecule has 0 atom stereocenters. The third-order valence-electron chi connectivity index (χ3n) is 2.79. The highest BCUT2D eigenvalue weighted by molar-refractivity contribution is 7.99. The topological polar surface area (TPSA) is 41.1 Å². The summed E-state index contributed by atoms with van der Waals surface area (Å²) in [6, 6.07) is 13.5. The van der Waals surface area contributed by atoms with Crippen LogP contribution in [0.2, 0.25) is 0 Å². The number of anilines is 2. The van der Waals surface area contributed by atoms with Gasteiger partial charge in [-0.05, 0) is 24.3 Å². The highest BCUT2D eigenvalue weighted by Gasteiger charge is 2.14. The molecule has 0 saturated carbocycles. The summed E-state index contributed by atoms with van der Waals surface area (Å²) in [5.74, 6) is -2.88. The minimum atomic E-state index is -2.53. The van der Waals surface area contributed by atoms with Crippen molar-refractivity contribution in [2.24, 2.45) is 0 Å². The fourth-order valence-electron chi connectivity index (χ4n) is 1.86. The number of rotatable bonds is 5. The van der Waals surface area contributed by atoms with Gasteiger partial charge >= 0.3 is 0 Å². The Kier molecular flexibility index (Phi) is 5.16. The van der Waals surface area contributed by atoms with Crippen LogP contribution in [0.5, 0.6) is 0 Å². The smallest absolute Gasteiger partial charge is 0.288 e. The number of hydrogen-bond donors (Lipinski definition) is 2. The van der Waals surface area contributed by atoms with Crippen LogP contribution in [-0.2, 0) is 0 Å². The first-order valence-corrected chi connectivity index (χ1v) is 7.11. The third kappa shape index (κ3) is 3.95. The van der Waals surface area contributed by atoms with Gasteiger partial charge in [-0.25, -0.2) is 0 Å².